The van der Waals surface area contributed by atoms with E-state index in [4.69, 9.17) is 10.5 Å². The molecule has 0 spiro atoms. The molecule has 3 heterocycles. The van der Waals surface area contributed by atoms with Crippen LogP contribution < -0.4 is 11.1 Å². The number of alkyl halides is 3. The normalized spacial score (nSPS) is 21.2. The van der Waals surface area contributed by atoms with Gasteiger partial charge in [-0.2, -0.15) is 13.2 Å². The first kappa shape index (κ1) is 26.7. The molecule has 1 unspecified atom stereocenters. The number of carbonyl (C=O) groups excluding carboxylic acids is 2. The Balaban J connectivity index is 1.71. The number of nitrogens with two attached hydrogens (primary N) is 1. The summed E-state index contributed by atoms with van der Waals surface area (Å²) in [7, 11) is 1.98. The number of nitrogens with zero attached hydrogens (tertiary/aromatic N) is 5. The number of primary amides is 1. The van der Waals surface area contributed by atoms with Crippen LogP contribution in [0, 0.1) is 0 Å². The number of hydrogen-bond donors (Lipinski definition) is 2. The Morgan fingerprint density at radius 3 is 2.62 bits per heavy atom. The molecule has 2 amide bonds. The highest BCUT2D eigenvalue weighted by Gasteiger charge is 2.47. The molecule has 1 aliphatic heterocycles. The Labute approximate surface area is 215 Å². The summed E-state index contributed by atoms with van der Waals surface area (Å²) in [6.07, 6.45) is 0.782. The Hall–Kier alpha value is -3.36. The summed E-state index contributed by atoms with van der Waals surface area (Å²) in [4.78, 5) is 33.5. The third kappa shape index (κ3) is 6.50. The van der Waals surface area contributed by atoms with Gasteiger partial charge in [-0.3, -0.25) is 19.5 Å². The number of aromatic nitrogens is 3. The molecule has 14 heteroatoms. The number of rotatable bonds is 8. The van der Waals surface area contributed by atoms with Gasteiger partial charge in [-0.05, 0) is 25.3 Å². The summed E-state index contributed by atoms with van der Waals surface area (Å²) in [5.74, 6) is -1.45. The van der Waals surface area contributed by atoms with Crippen molar-refractivity contribution in [2.45, 2.75) is 18.1 Å². The van der Waals surface area contributed by atoms with E-state index in [1.165, 1.54) is 12.2 Å². The minimum atomic E-state index is -4.63. The molecule has 37 heavy (non-hydrogen) atoms. The topological polar surface area (TPSA) is 127 Å². The van der Waals surface area contributed by atoms with Gasteiger partial charge >= 0.3 is 6.18 Å². The zero-order valence-corrected chi connectivity index (χ0v) is 20.8. The lowest BCUT2D eigenvalue weighted by atomic mass is 9.84. The summed E-state index contributed by atoms with van der Waals surface area (Å²) >= 11 is 1.05. The molecule has 198 valence electrons. The van der Waals surface area contributed by atoms with Crippen molar-refractivity contribution in [1.29, 1.82) is 0 Å². The van der Waals surface area contributed by atoms with E-state index in [-0.39, 0.29) is 29.3 Å². The molecule has 1 aliphatic carbocycles. The molecule has 2 aromatic heterocycles. The molecule has 0 radical (unpaired) electrons. The number of carbonyl (C=O) groups is 2. The van der Waals surface area contributed by atoms with Gasteiger partial charge in [0, 0.05) is 56.1 Å². The summed E-state index contributed by atoms with van der Waals surface area (Å²) in [6, 6.07) is 3.46. The van der Waals surface area contributed by atoms with E-state index in [0.29, 0.717) is 23.7 Å². The van der Waals surface area contributed by atoms with E-state index in [9.17, 15) is 22.8 Å². The van der Waals surface area contributed by atoms with Gasteiger partial charge in [-0.15, -0.1) is 10.2 Å². The van der Waals surface area contributed by atoms with Crippen molar-refractivity contribution < 1.29 is 27.5 Å². The molecule has 1 saturated heterocycles. The van der Waals surface area contributed by atoms with E-state index >= 15 is 0 Å². The van der Waals surface area contributed by atoms with Gasteiger partial charge in [-0.1, -0.05) is 17.4 Å². The highest BCUT2D eigenvalue weighted by atomic mass is 32.1. The largest absolute Gasteiger partial charge is 0.485 e. The lowest BCUT2D eigenvalue weighted by Gasteiger charge is -2.38. The molecular weight excluding hydrogens is 511 g/mol. The van der Waals surface area contributed by atoms with Crippen molar-refractivity contribution in [1.82, 2.24) is 30.3 Å². The molecule has 0 bridgehead atoms. The zero-order valence-electron chi connectivity index (χ0n) is 20.0. The number of pyridine rings is 1. The molecule has 0 saturated carbocycles. The van der Waals surface area contributed by atoms with Crippen molar-refractivity contribution in [2.75, 3.05) is 46.4 Å². The number of hydrogen-bond acceptors (Lipinski definition) is 9. The van der Waals surface area contributed by atoms with Crippen molar-refractivity contribution in [3.05, 3.63) is 53.0 Å². The second-order valence-corrected chi connectivity index (χ2v) is 9.83. The number of piperazine rings is 1. The van der Waals surface area contributed by atoms with Crippen LogP contribution in [-0.4, -0.2) is 89.4 Å². The van der Waals surface area contributed by atoms with Gasteiger partial charge in [0.25, 0.3) is 0 Å². The number of likely N-dealkylation sites (N-methyl/N-ethyl adjacent to an activating group) is 1. The van der Waals surface area contributed by atoms with Crippen molar-refractivity contribution >= 4 is 23.2 Å². The Morgan fingerprint density at radius 1 is 1.22 bits per heavy atom. The van der Waals surface area contributed by atoms with Crippen LogP contribution in [0.1, 0.15) is 11.4 Å². The molecule has 4 rings (SSSR count). The third-order valence-corrected chi connectivity index (χ3v) is 7.17. The first-order chi connectivity index (χ1) is 17.6. The number of halogens is 3. The maximum Gasteiger partial charge on any atom is 0.422 e. The van der Waals surface area contributed by atoms with Gasteiger partial charge in [-0.25, -0.2) is 0 Å². The summed E-state index contributed by atoms with van der Waals surface area (Å²) in [5, 5.41) is 11.8. The SMILES string of the molecule is CN1CCN(CC(=O)NC2(c3nnc(-c4cccnc4)s3)CC(C(N)=O)=CC=C2OCC(F)(F)F)CC1. The van der Waals surface area contributed by atoms with Crippen molar-refractivity contribution in [3.63, 3.8) is 0 Å². The van der Waals surface area contributed by atoms with Crippen LogP contribution >= 0.6 is 11.3 Å². The fourth-order valence-corrected chi connectivity index (χ4v) is 5.06. The zero-order chi connectivity index (χ0) is 26.6. The smallest absolute Gasteiger partial charge is 0.422 e. The van der Waals surface area contributed by atoms with E-state index in [0.717, 1.165) is 24.4 Å². The predicted molar refractivity (Wildman–Crippen MR) is 129 cm³/mol. The predicted octanol–water partition coefficient (Wildman–Crippen LogP) is 1.44. The highest BCUT2D eigenvalue weighted by Crippen LogP contribution is 2.42. The highest BCUT2D eigenvalue weighted by molar-refractivity contribution is 7.14. The number of ether oxygens (including phenoxy) is 1. The van der Waals surface area contributed by atoms with Gasteiger partial charge in [0.05, 0.1) is 6.54 Å². The van der Waals surface area contributed by atoms with Gasteiger partial charge < -0.3 is 20.7 Å². The van der Waals surface area contributed by atoms with Crippen LogP contribution in [0.15, 0.2) is 48.0 Å². The van der Waals surface area contributed by atoms with Gasteiger partial charge in [0.15, 0.2) is 17.2 Å². The quantitative estimate of drug-likeness (QED) is 0.518. The molecule has 1 atom stereocenters. The second-order valence-electron chi connectivity index (χ2n) is 8.85. The molecule has 0 aromatic carbocycles. The summed E-state index contributed by atoms with van der Waals surface area (Å²) < 4.78 is 44.6. The van der Waals surface area contributed by atoms with E-state index in [1.807, 2.05) is 11.9 Å². The van der Waals surface area contributed by atoms with Crippen molar-refractivity contribution in [3.8, 4) is 10.6 Å². The maximum absolute atomic E-state index is 13.3. The number of amides is 2. The lowest BCUT2D eigenvalue weighted by molar-refractivity contribution is -0.168. The Morgan fingerprint density at radius 2 is 1.97 bits per heavy atom. The van der Waals surface area contributed by atoms with E-state index < -0.39 is 30.1 Å². The Kier molecular flexibility index (Phi) is 7.90. The standard InChI is InChI=1S/C23H26F3N7O3S/c1-32-7-9-33(10-8-32)13-18(34)29-22(21-31-30-20(37-21)16-3-2-6-28-12-16)11-15(19(27)35)4-5-17(22)36-14-23(24,25)26/h2-6,12H,7-11,13-14H2,1H3,(H2,27,35)(H,29,34). The molecule has 1 fully saturated rings. The first-order valence-electron chi connectivity index (χ1n) is 11.4. The van der Waals surface area contributed by atoms with E-state index in [1.54, 1.807) is 24.5 Å². The summed E-state index contributed by atoms with van der Waals surface area (Å²) in [5.41, 5.74) is 4.53. The fraction of sp³-hybridized carbons (Fsp3) is 0.435. The molecule has 2 aliphatic rings. The third-order valence-electron chi connectivity index (χ3n) is 6.03. The molecule has 10 nitrogen and oxygen atoms in total. The average molecular weight is 538 g/mol. The Bertz CT molecular complexity index is 1190. The molecule has 2 aromatic rings. The van der Waals surface area contributed by atoms with Crippen LogP contribution in [0.4, 0.5) is 13.2 Å². The van der Waals surface area contributed by atoms with Crippen LogP contribution in [0.5, 0.6) is 0 Å². The molecular formula is C23H26F3N7O3S. The van der Waals surface area contributed by atoms with Crippen LogP contribution in [0.25, 0.3) is 10.6 Å². The first-order valence-corrected chi connectivity index (χ1v) is 12.2. The van der Waals surface area contributed by atoms with Crippen molar-refractivity contribution in [2.24, 2.45) is 5.73 Å². The fourth-order valence-electron chi connectivity index (χ4n) is 4.08. The molecule has 3 N–H and O–H groups in total. The van der Waals surface area contributed by atoms with E-state index in [2.05, 4.69) is 25.4 Å². The van der Waals surface area contributed by atoms with Crippen LogP contribution in [0.2, 0.25) is 0 Å². The second kappa shape index (κ2) is 10.9. The number of nitrogens with one attached hydrogen (secondary N) is 1. The van der Waals surface area contributed by atoms with Crippen LogP contribution in [0.3, 0.4) is 0 Å². The minimum absolute atomic E-state index is 0.00598. The summed E-state index contributed by atoms with van der Waals surface area (Å²) in [6.45, 7) is 1.27. The minimum Gasteiger partial charge on any atom is -0.485 e. The van der Waals surface area contributed by atoms with Gasteiger partial charge in [0.1, 0.15) is 10.8 Å². The maximum atomic E-state index is 13.3. The monoisotopic (exact) mass is 537 g/mol. The van der Waals surface area contributed by atoms with Gasteiger partial charge in [0.2, 0.25) is 11.8 Å². The lowest BCUT2D eigenvalue weighted by Crippen LogP contribution is -2.54. The average Bonchev–Trinajstić information content (AvgIpc) is 3.35. The number of allylic oxidation sites excluding steroid dienone is 2. The van der Waals surface area contributed by atoms with Crippen LogP contribution in [-0.2, 0) is 19.9 Å².